The molecule has 0 radical (unpaired) electrons. The van der Waals surface area contributed by atoms with Crippen molar-refractivity contribution in [3.05, 3.63) is 0 Å². The third kappa shape index (κ3) is 43.2. The smallest absolute Gasteiger partial charge is 0.326 e. The van der Waals surface area contributed by atoms with Gasteiger partial charge in [0, 0.05) is 6.42 Å². The first-order valence-corrected chi connectivity index (χ1v) is 18.7. The van der Waals surface area contributed by atoms with E-state index in [9.17, 15) is 24.0 Å². The second kappa shape index (κ2) is 40.8. The molecule has 0 saturated carbocycles. The first-order chi connectivity index (χ1) is 24.5. The van der Waals surface area contributed by atoms with E-state index in [4.69, 9.17) is 59.3 Å². The summed E-state index contributed by atoms with van der Waals surface area (Å²) in [7, 11) is 0. The summed E-state index contributed by atoms with van der Waals surface area (Å²) >= 11 is 0. The topological polar surface area (TPSA) is 349 Å². The second-order valence-electron chi connectivity index (χ2n) is 12.7. The van der Waals surface area contributed by atoms with E-state index in [2.05, 4.69) is 12.2 Å². The first kappa shape index (κ1) is 55.8. The highest BCUT2D eigenvalue weighted by Crippen LogP contribution is 2.13. The molecule has 17 heteroatoms. The van der Waals surface area contributed by atoms with Crippen molar-refractivity contribution in [1.82, 2.24) is 5.32 Å². The minimum atomic E-state index is -1.18. The number of carbonyl (C=O) groups is 5. The molecule has 0 aromatic rings. The van der Waals surface area contributed by atoms with Crippen LogP contribution < -0.4 is 34.0 Å². The normalized spacial score (nSPS) is 13.2. The average Bonchev–Trinajstić information content (AvgIpc) is 3.09. The Morgan fingerprint density at radius 3 is 1.25 bits per heavy atom. The Balaban J connectivity index is -0.000000371. The SMILES string of the molecule is CC(O)C(N)C(=O)O.CCCCCCCCCCCCCCCC(=O)NC(CCCCN)C(=O)O.NC(CO)C(=O)O.NCCCCC(N)C(=O)O. The van der Waals surface area contributed by atoms with Crippen molar-refractivity contribution in [2.24, 2.45) is 28.7 Å². The number of hydrogen-bond donors (Lipinski definition) is 12. The zero-order valence-electron chi connectivity index (χ0n) is 31.8. The predicted molar refractivity (Wildman–Crippen MR) is 201 cm³/mol. The van der Waals surface area contributed by atoms with Crippen LogP contribution in [-0.2, 0) is 24.0 Å². The van der Waals surface area contributed by atoms with Gasteiger partial charge < -0.3 is 64.6 Å². The molecule has 0 aromatic heterocycles. The van der Waals surface area contributed by atoms with Gasteiger partial charge >= 0.3 is 23.9 Å². The molecule has 17 N–H and O–H groups in total. The molecular formula is C35H74N6O11. The number of carbonyl (C=O) groups excluding carboxylic acids is 1. The van der Waals surface area contributed by atoms with Gasteiger partial charge in [-0.25, -0.2) is 4.79 Å². The van der Waals surface area contributed by atoms with Crippen LogP contribution in [0, 0.1) is 0 Å². The van der Waals surface area contributed by atoms with Crippen molar-refractivity contribution >= 4 is 29.8 Å². The lowest BCUT2D eigenvalue weighted by Crippen LogP contribution is -2.40. The number of carboxylic acid groups (broad SMARTS) is 4. The molecule has 0 bridgehead atoms. The van der Waals surface area contributed by atoms with Crippen molar-refractivity contribution < 1.29 is 54.6 Å². The monoisotopic (exact) mass is 755 g/mol. The summed E-state index contributed by atoms with van der Waals surface area (Å²) in [6.07, 6.45) is 20.1. The van der Waals surface area contributed by atoms with E-state index < -0.39 is 60.8 Å². The lowest BCUT2D eigenvalue weighted by molar-refractivity contribution is -0.142. The van der Waals surface area contributed by atoms with E-state index in [0.29, 0.717) is 32.4 Å². The van der Waals surface area contributed by atoms with Gasteiger partial charge in [-0.2, -0.15) is 0 Å². The van der Waals surface area contributed by atoms with E-state index >= 15 is 0 Å². The molecule has 52 heavy (non-hydrogen) atoms. The van der Waals surface area contributed by atoms with Crippen LogP contribution in [0.2, 0.25) is 0 Å². The van der Waals surface area contributed by atoms with Crippen LogP contribution in [0.5, 0.6) is 0 Å². The molecule has 0 rings (SSSR count). The molecule has 310 valence electrons. The molecule has 0 saturated heterocycles. The summed E-state index contributed by atoms with van der Waals surface area (Å²) in [5.41, 5.74) is 25.5. The molecule has 5 atom stereocenters. The fourth-order valence-electron chi connectivity index (χ4n) is 4.24. The quantitative estimate of drug-likeness (QED) is 0.0485. The van der Waals surface area contributed by atoms with Gasteiger partial charge in [-0.05, 0) is 58.5 Å². The Bertz CT molecular complexity index is 884. The number of unbranched alkanes of at least 4 members (excludes halogenated alkanes) is 14. The fraction of sp³-hybridized carbons (Fsp3) is 0.857. The molecule has 0 aromatic carbocycles. The summed E-state index contributed by atoms with van der Waals surface area (Å²) < 4.78 is 0. The maximum Gasteiger partial charge on any atom is 0.326 e. The third-order valence-electron chi connectivity index (χ3n) is 7.69. The number of aliphatic hydroxyl groups is 2. The van der Waals surface area contributed by atoms with Crippen molar-refractivity contribution in [3.63, 3.8) is 0 Å². The van der Waals surface area contributed by atoms with E-state index in [1.807, 2.05) is 0 Å². The van der Waals surface area contributed by atoms with Crippen LogP contribution in [0.4, 0.5) is 0 Å². The molecule has 0 fully saturated rings. The van der Waals surface area contributed by atoms with Gasteiger partial charge in [0.15, 0.2) is 0 Å². The highest BCUT2D eigenvalue weighted by molar-refractivity contribution is 5.83. The number of rotatable bonds is 29. The van der Waals surface area contributed by atoms with Crippen LogP contribution in [0.15, 0.2) is 0 Å². The Hall–Kier alpha value is -2.93. The molecule has 0 aliphatic rings. The third-order valence-corrected chi connectivity index (χ3v) is 7.69. The van der Waals surface area contributed by atoms with E-state index in [0.717, 1.165) is 38.5 Å². The van der Waals surface area contributed by atoms with Crippen molar-refractivity contribution in [2.45, 2.75) is 173 Å². The molecular weight excluding hydrogens is 680 g/mol. The Morgan fingerprint density at radius 1 is 0.558 bits per heavy atom. The molecule has 5 unspecified atom stereocenters. The number of amides is 1. The van der Waals surface area contributed by atoms with Crippen LogP contribution in [0.1, 0.15) is 142 Å². The Morgan fingerprint density at radius 2 is 0.962 bits per heavy atom. The molecule has 17 nitrogen and oxygen atoms in total. The van der Waals surface area contributed by atoms with Gasteiger partial charge in [-0.1, -0.05) is 90.4 Å². The first-order valence-electron chi connectivity index (χ1n) is 18.7. The van der Waals surface area contributed by atoms with E-state index in [-0.39, 0.29) is 5.91 Å². The summed E-state index contributed by atoms with van der Waals surface area (Å²) in [4.78, 5) is 52.7. The van der Waals surface area contributed by atoms with Gasteiger partial charge in [-0.3, -0.25) is 19.2 Å². The maximum atomic E-state index is 11.9. The Kier molecular flexibility index (Phi) is 43.8. The molecule has 0 aliphatic carbocycles. The number of nitrogens with two attached hydrogens (primary N) is 5. The molecule has 1 amide bonds. The van der Waals surface area contributed by atoms with Crippen molar-refractivity contribution in [3.8, 4) is 0 Å². The number of carboxylic acids is 4. The zero-order chi connectivity index (χ0) is 40.7. The summed E-state index contributed by atoms with van der Waals surface area (Å²) in [6.45, 7) is 4.24. The average molecular weight is 755 g/mol. The lowest BCUT2D eigenvalue weighted by Gasteiger charge is -2.14. The van der Waals surface area contributed by atoms with Crippen LogP contribution in [0.25, 0.3) is 0 Å². The Labute approximate surface area is 310 Å². The highest BCUT2D eigenvalue weighted by atomic mass is 16.4. The van der Waals surface area contributed by atoms with E-state index in [1.54, 1.807) is 0 Å². The summed E-state index contributed by atoms with van der Waals surface area (Å²) in [5, 5.41) is 52.6. The minimum absolute atomic E-state index is 0.141. The molecule has 0 aliphatic heterocycles. The summed E-state index contributed by atoms with van der Waals surface area (Å²) in [6, 6.07) is -3.77. The number of aliphatic carboxylic acids is 4. The van der Waals surface area contributed by atoms with Crippen LogP contribution in [0.3, 0.4) is 0 Å². The van der Waals surface area contributed by atoms with Gasteiger partial charge in [0.1, 0.15) is 24.2 Å². The van der Waals surface area contributed by atoms with Gasteiger partial charge in [0.25, 0.3) is 0 Å². The van der Waals surface area contributed by atoms with Crippen molar-refractivity contribution in [1.29, 1.82) is 0 Å². The number of nitrogens with one attached hydrogen (secondary N) is 1. The van der Waals surface area contributed by atoms with Gasteiger partial charge in [0.2, 0.25) is 5.91 Å². The summed E-state index contributed by atoms with van der Waals surface area (Å²) in [5.74, 6) is -4.39. The van der Waals surface area contributed by atoms with Crippen LogP contribution >= 0.6 is 0 Å². The van der Waals surface area contributed by atoms with E-state index in [1.165, 1.54) is 77.6 Å². The number of hydrogen-bond acceptors (Lipinski definition) is 12. The highest BCUT2D eigenvalue weighted by Gasteiger charge is 2.19. The number of aliphatic hydroxyl groups excluding tert-OH is 2. The lowest BCUT2D eigenvalue weighted by atomic mass is 10.0. The van der Waals surface area contributed by atoms with Crippen LogP contribution in [-0.4, -0.2) is 110 Å². The fourth-order valence-corrected chi connectivity index (χ4v) is 4.24. The standard InChI is InChI=1S/C22H44N2O3.C6H14N2O2.C4H9NO3.C3H7NO3/c1-2-3-4-5-6-7-8-9-10-11-12-13-14-18-21(25)24-20(22(26)27)17-15-16-19-23;7-4-2-1-3-5(8)6(9)10;1-2(6)3(5)4(7)8;4-2(1-5)3(6)7/h20H,2-19,23H2,1H3,(H,24,25)(H,26,27);5H,1-4,7-8H2,(H,9,10);2-3,6H,5H2,1H3,(H,7,8);2,5H,1,4H2,(H,6,7). The maximum absolute atomic E-state index is 11.9. The van der Waals surface area contributed by atoms with Gasteiger partial charge in [-0.15, -0.1) is 0 Å². The van der Waals surface area contributed by atoms with Crippen molar-refractivity contribution in [2.75, 3.05) is 19.7 Å². The molecule has 0 spiro atoms. The predicted octanol–water partition coefficient (Wildman–Crippen LogP) is 1.86. The minimum Gasteiger partial charge on any atom is -0.480 e. The molecule has 0 heterocycles. The second-order valence-corrected chi connectivity index (χ2v) is 12.7. The largest absolute Gasteiger partial charge is 0.480 e. The zero-order valence-corrected chi connectivity index (χ0v) is 31.8. The van der Waals surface area contributed by atoms with Gasteiger partial charge in [0.05, 0.1) is 12.7 Å².